The number of carboxylic acid groups (broad SMARTS) is 1. The van der Waals surface area contributed by atoms with Crippen molar-refractivity contribution in [2.45, 2.75) is 36.5 Å². The Morgan fingerprint density at radius 3 is 2.74 bits per heavy atom. The highest BCUT2D eigenvalue weighted by molar-refractivity contribution is 7.91. The van der Waals surface area contributed by atoms with E-state index in [0.29, 0.717) is 17.2 Å². The van der Waals surface area contributed by atoms with Crippen molar-refractivity contribution in [3.05, 3.63) is 29.3 Å². The summed E-state index contributed by atoms with van der Waals surface area (Å²) in [4.78, 5) is 11.5. The largest absolute Gasteiger partial charge is 0.481 e. The Balaban J connectivity index is 2.10. The van der Waals surface area contributed by atoms with Crippen LogP contribution in [-0.2, 0) is 21.1 Å². The van der Waals surface area contributed by atoms with Crippen LogP contribution in [0.1, 0.15) is 36.3 Å². The van der Waals surface area contributed by atoms with Crippen LogP contribution in [-0.4, -0.2) is 25.2 Å². The standard InChI is InChI=1S/C14H16O4S/c15-13(16)8-12(9-4-5-9)11-3-1-2-10-6-7-19(17,18)14(10)11/h1-3,9,12H,4-8H2,(H,15,16). The lowest BCUT2D eigenvalue weighted by atomic mass is 9.89. The summed E-state index contributed by atoms with van der Waals surface area (Å²) < 4.78 is 24.3. The third kappa shape index (κ3) is 2.27. The third-order valence-corrected chi connectivity index (χ3v) is 5.92. The number of carbonyl (C=O) groups is 1. The van der Waals surface area contributed by atoms with Gasteiger partial charge >= 0.3 is 5.97 Å². The summed E-state index contributed by atoms with van der Waals surface area (Å²) >= 11 is 0. The minimum absolute atomic E-state index is 0.0244. The van der Waals surface area contributed by atoms with E-state index >= 15 is 0 Å². The second kappa shape index (κ2) is 4.34. The van der Waals surface area contributed by atoms with Crippen LogP contribution in [0.4, 0.5) is 0 Å². The Kier molecular flexibility index (Phi) is 2.89. The molecule has 3 rings (SSSR count). The molecule has 2 aliphatic rings. The number of fused-ring (bicyclic) bond motifs is 1. The summed E-state index contributed by atoms with van der Waals surface area (Å²) in [7, 11) is -3.22. The van der Waals surface area contributed by atoms with Crippen LogP contribution in [0.3, 0.4) is 0 Å². The van der Waals surface area contributed by atoms with Crippen LogP contribution in [0.25, 0.3) is 0 Å². The molecule has 0 bridgehead atoms. The smallest absolute Gasteiger partial charge is 0.303 e. The number of aliphatic carboxylic acids is 1. The fourth-order valence-corrected chi connectivity index (χ4v) is 4.88. The SMILES string of the molecule is O=C(O)CC(c1cccc2c1S(=O)(=O)CC2)C1CC1. The van der Waals surface area contributed by atoms with Crippen LogP contribution in [0.5, 0.6) is 0 Å². The summed E-state index contributed by atoms with van der Waals surface area (Å²) in [5.41, 5.74) is 1.59. The van der Waals surface area contributed by atoms with Crippen LogP contribution in [0.15, 0.2) is 23.1 Å². The molecule has 0 aromatic heterocycles. The van der Waals surface area contributed by atoms with Crippen molar-refractivity contribution < 1.29 is 18.3 Å². The van der Waals surface area contributed by atoms with Gasteiger partial charge in [0.05, 0.1) is 17.1 Å². The molecule has 1 aliphatic carbocycles. The molecule has 5 heteroatoms. The van der Waals surface area contributed by atoms with E-state index in [4.69, 9.17) is 5.11 Å². The molecule has 0 spiro atoms. The first-order valence-corrected chi connectivity index (χ1v) is 8.20. The Morgan fingerprint density at radius 1 is 1.37 bits per heavy atom. The Labute approximate surface area is 112 Å². The summed E-state index contributed by atoms with van der Waals surface area (Å²) in [5, 5.41) is 9.05. The highest BCUT2D eigenvalue weighted by Gasteiger charge is 2.39. The molecule has 0 amide bonds. The number of hydrogen-bond acceptors (Lipinski definition) is 3. The first-order chi connectivity index (χ1) is 8.99. The zero-order chi connectivity index (χ0) is 13.6. The number of benzene rings is 1. The van der Waals surface area contributed by atoms with Gasteiger partial charge in [-0.1, -0.05) is 18.2 Å². The Bertz CT molecular complexity index is 629. The number of rotatable bonds is 4. The average Bonchev–Trinajstić information content (AvgIpc) is 3.12. The fraction of sp³-hybridized carbons (Fsp3) is 0.500. The normalized spacial score (nSPS) is 21.9. The summed E-state index contributed by atoms with van der Waals surface area (Å²) in [6.07, 6.45) is 2.58. The quantitative estimate of drug-likeness (QED) is 0.915. The van der Waals surface area contributed by atoms with Crippen molar-refractivity contribution in [1.82, 2.24) is 0 Å². The van der Waals surface area contributed by atoms with E-state index in [1.165, 1.54) is 0 Å². The maximum atomic E-state index is 12.2. The minimum atomic E-state index is -3.22. The van der Waals surface area contributed by atoms with Crippen molar-refractivity contribution in [2.24, 2.45) is 5.92 Å². The van der Waals surface area contributed by atoms with E-state index in [1.54, 1.807) is 6.07 Å². The lowest BCUT2D eigenvalue weighted by molar-refractivity contribution is -0.137. The van der Waals surface area contributed by atoms with E-state index in [-0.39, 0.29) is 18.1 Å². The molecular formula is C14H16O4S. The number of carboxylic acids is 1. The van der Waals surface area contributed by atoms with E-state index in [0.717, 1.165) is 24.0 Å². The fourth-order valence-electron chi connectivity index (χ4n) is 3.04. The second-order valence-electron chi connectivity index (χ2n) is 5.45. The molecule has 1 aromatic rings. The van der Waals surface area contributed by atoms with Gasteiger partial charge in [-0.2, -0.15) is 0 Å². The first kappa shape index (κ1) is 12.7. The van der Waals surface area contributed by atoms with Gasteiger partial charge in [-0.25, -0.2) is 8.42 Å². The molecule has 1 heterocycles. The predicted octanol–water partition coefficient (Wildman–Crippen LogP) is 1.98. The predicted molar refractivity (Wildman–Crippen MR) is 69.9 cm³/mol. The summed E-state index contributed by atoms with van der Waals surface area (Å²) in [6, 6.07) is 5.49. The third-order valence-electron chi connectivity index (χ3n) is 4.06. The van der Waals surface area contributed by atoms with E-state index < -0.39 is 15.8 Å². The van der Waals surface area contributed by atoms with E-state index in [1.807, 2.05) is 12.1 Å². The summed E-state index contributed by atoms with van der Waals surface area (Å²) in [5.74, 6) is -0.521. The van der Waals surface area contributed by atoms with Crippen molar-refractivity contribution in [3.8, 4) is 0 Å². The van der Waals surface area contributed by atoms with Crippen molar-refractivity contribution in [2.75, 3.05) is 5.75 Å². The van der Waals surface area contributed by atoms with Gasteiger partial charge in [-0.3, -0.25) is 4.79 Å². The van der Waals surface area contributed by atoms with Gasteiger partial charge < -0.3 is 5.11 Å². The number of hydrogen-bond donors (Lipinski definition) is 1. The Morgan fingerprint density at radius 2 is 2.11 bits per heavy atom. The van der Waals surface area contributed by atoms with Crippen LogP contribution < -0.4 is 0 Å². The molecule has 1 aliphatic heterocycles. The van der Waals surface area contributed by atoms with Gasteiger partial charge in [0, 0.05) is 0 Å². The molecule has 102 valence electrons. The molecule has 1 N–H and O–H groups in total. The van der Waals surface area contributed by atoms with Crippen LogP contribution >= 0.6 is 0 Å². The zero-order valence-electron chi connectivity index (χ0n) is 10.5. The van der Waals surface area contributed by atoms with Gasteiger partial charge in [0.25, 0.3) is 0 Å². The molecule has 1 aromatic carbocycles. The van der Waals surface area contributed by atoms with Gasteiger partial charge in [-0.05, 0) is 42.2 Å². The molecule has 1 atom stereocenters. The van der Waals surface area contributed by atoms with Gasteiger partial charge in [0.1, 0.15) is 0 Å². The molecule has 0 radical (unpaired) electrons. The zero-order valence-corrected chi connectivity index (χ0v) is 11.3. The average molecular weight is 280 g/mol. The topological polar surface area (TPSA) is 71.4 Å². The monoisotopic (exact) mass is 280 g/mol. The molecule has 1 unspecified atom stereocenters. The highest BCUT2D eigenvalue weighted by atomic mass is 32.2. The van der Waals surface area contributed by atoms with Crippen molar-refractivity contribution in [1.29, 1.82) is 0 Å². The molecule has 1 saturated carbocycles. The lowest BCUT2D eigenvalue weighted by Gasteiger charge is -2.17. The molecular weight excluding hydrogens is 264 g/mol. The van der Waals surface area contributed by atoms with E-state index in [2.05, 4.69) is 0 Å². The first-order valence-electron chi connectivity index (χ1n) is 6.55. The number of aryl methyl sites for hydroxylation is 1. The summed E-state index contributed by atoms with van der Waals surface area (Å²) in [6.45, 7) is 0. The molecule has 19 heavy (non-hydrogen) atoms. The van der Waals surface area contributed by atoms with Crippen LogP contribution in [0, 0.1) is 5.92 Å². The van der Waals surface area contributed by atoms with Crippen LogP contribution in [0.2, 0.25) is 0 Å². The van der Waals surface area contributed by atoms with Crippen molar-refractivity contribution >= 4 is 15.8 Å². The number of sulfone groups is 1. The van der Waals surface area contributed by atoms with Crippen molar-refractivity contribution in [3.63, 3.8) is 0 Å². The van der Waals surface area contributed by atoms with E-state index in [9.17, 15) is 13.2 Å². The lowest BCUT2D eigenvalue weighted by Crippen LogP contribution is -2.12. The molecule has 4 nitrogen and oxygen atoms in total. The van der Waals surface area contributed by atoms with Gasteiger partial charge in [0.15, 0.2) is 9.84 Å². The Hall–Kier alpha value is -1.36. The van der Waals surface area contributed by atoms with Gasteiger partial charge in [-0.15, -0.1) is 0 Å². The highest BCUT2D eigenvalue weighted by Crippen LogP contribution is 2.47. The maximum absolute atomic E-state index is 12.2. The maximum Gasteiger partial charge on any atom is 0.303 e. The second-order valence-corrected chi connectivity index (χ2v) is 7.49. The minimum Gasteiger partial charge on any atom is -0.481 e. The molecule has 0 saturated heterocycles. The van der Waals surface area contributed by atoms with Gasteiger partial charge in [0.2, 0.25) is 0 Å². The molecule has 1 fully saturated rings.